The third-order valence-corrected chi connectivity index (χ3v) is 4.15. The molecule has 1 heterocycles. The summed E-state index contributed by atoms with van der Waals surface area (Å²) in [6, 6.07) is 4.96. The van der Waals surface area contributed by atoms with Crippen molar-refractivity contribution < 1.29 is 13.2 Å². The van der Waals surface area contributed by atoms with E-state index >= 15 is 0 Å². The highest BCUT2D eigenvalue weighted by Gasteiger charge is 2.30. The Morgan fingerprint density at radius 3 is 2.77 bits per heavy atom. The van der Waals surface area contributed by atoms with E-state index < -0.39 is 11.7 Å². The summed E-state index contributed by atoms with van der Waals surface area (Å²) in [6.45, 7) is 2.90. The molecule has 0 amide bonds. The van der Waals surface area contributed by atoms with Crippen molar-refractivity contribution in [2.24, 2.45) is 4.99 Å². The molecule has 0 radical (unpaired) electrons. The minimum atomic E-state index is -4.36. The zero-order valence-electron chi connectivity index (χ0n) is 14.4. The van der Waals surface area contributed by atoms with Gasteiger partial charge in [0.2, 0.25) is 0 Å². The fourth-order valence-corrected chi connectivity index (χ4v) is 2.75. The van der Waals surface area contributed by atoms with Gasteiger partial charge in [-0.1, -0.05) is 17.9 Å². The van der Waals surface area contributed by atoms with E-state index in [1.54, 1.807) is 24.5 Å². The number of guanidine groups is 1. The molecule has 0 fully saturated rings. The average Bonchev–Trinajstić information content (AvgIpc) is 3.02. The maximum atomic E-state index is 12.7. The molecule has 0 aliphatic heterocycles. The number of aliphatic imine (C=N–C) groups is 1. The highest BCUT2D eigenvalue weighted by Crippen LogP contribution is 2.29. The van der Waals surface area contributed by atoms with Crippen LogP contribution >= 0.6 is 11.3 Å². The Bertz CT molecular complexity index is 816. The SMILES string of the molecule is CN=C(NCC#Cc1cccc(C(F)(F)F)c1)NCCc1csc(C)n1. The van der Waals surface area contributed by atoms with Crippen LogP contribution in [0.3, 0.4) is 0 Å². The molecule has 1 aromatic carbocycles. The fourth-order valence-electron chi connectivity index (χ4n) is 2.10. The molecule has 0 spiro atoms. The zero-order chi connectivity index (χ0) is 19.0. The average molecular weight is 380 g/mol. The predicted molar refractivity (Wildman–Crippen MR) is 98.2 cm³/mol. The van der Waals surface area contributed by atoms with Crippen molar-refractivity contribution in [2.45, 2.75) is 19.5 Å². The number of halogens is 3. The number of aromatic nitrogens is 1. The number of aryl methyl sites for hydroxylation is 1. The van der Waals surface area contributed by atoms with Gasteiger partial charge in [0.1, 0.15) is 0 Å². The third kappa shape index (κ3) is 6.41. The Hall–Kier alpha value is -2.53. The molecule has 0 saturated heterocycles. The van der Waals surface area contributed by atoms with Crippen molar-refractivity contribution in [1.82, 2.24) is 15.6 Å². The molecule has 138 valence electrons. The van der Waals surface area contributed by atoms with Gasteiger partial charge in [0.15, 0.2) is 5.96 Å². The normalized spacial score (nSPS) is 11.7. The molecule has 4 nitrogen and oxygen atoms in total. The lowest BCUT2D eigenvalue weighted by Crippen LogP contribution is -2.38. The van der Waals surface area contributed by atoms with E-state index in [9.17, 15) is 13.2 Å². The van der Waals surface area contributed by atoms with E-state index in [0.717, 1.165) is 29.3 Å². The Kier molecular flexibility index (Phi) is 7.04. The van der Waals surface area contributed by atoms with E-state index in [0.29, 0.717) is 18.1 Å². The van der Waals surface area contributed by atoms with Crippen LogP contribution < -0.4 is 10.6 Å². The van der Waals surface area contributed by atoms with Gasteiger partial charge in [-0.25, -0.2) is 4.98 Å². The molecule has 2 rings (SSSR count). The van der Waals surface area contributed by atoms with Gasteiger partial charge in [-0.05, 0) is 25.1 Å². The van der Waals surface area contributed by atoms with Crippen LogP contribution in [0.15, 0.2) is 34.6 Å². The summed E-state index contributed by atoms with van der Waals surface area (Å²) in [4.78, 5) is 8.46. The van der Waals surface area contributed by atoms with E-state index in [1.807, 2.05) is 12.3 Å². The van der Waals surface area contributed by atoms with E-state index in [-0.39, 0.29) is 6.54 Å². The number of alkyl halides is 3. The summed E-state index contributed by atoms with van der Waals surface area (Å²) in [7, 11) is 1.64. The Labute approximate surface area is 154 Å². The maximum absolute atomic E-state index is 12.7. The molecule has 0 atom stereocenters. The quantitative estimate of drug-likeness (QED) is 0.486. The van der Waals surface area contributed by atoms with Gasteiger partial charge in [0.25, 0.3) is 0 Å². The first-order chi connectivity index (χ1) is 12.4. The van der Waals surface area contributed by atoms with Gasteiger partial charge >= 0.3 is 6.18 Å². The van der Waals surface area contributed by atoms with E-state index in [1.165, 1.54) is 6.07 Å². The predicted octanol–water partition coefficient (Wildman–Crippen LogP) is 3.23. The van der Waals surface area contributed by atoms with Crippen molar-refractivity contribution >= 4 is 17.3 Å². The molecule has 2 N–H and O–H groups in total. The lowest BCUT2D eigenvalue weighted by atomic mass is 10.1. The van der Waals surface area contributed by atoms with Crippen molar-refractivity contribution in [3.63, 3.8) is 0 Å². The zero-order valence-corrected chi connectivity index (χ0v) is 15.3. The van der Waals surface area contributed by atoms with Crippen LogP contribution in [0.25, 0.3) is 0 Å². The number of hydrogen-bond acceptors (Lipinski definition) is 3. The van der Waals surface area contributed by atoms with Crippen LogP contribution in [0.5, 0.6) is 0 Å². The van der Waals surface area contributed by atoms with E-state index in [4.69, 9.17) is 0 Å². The number of rotatable bonds is 4. The first-order valence-corrected chi connectivity index (χ1v) is 8.78. The molecule has 2 aromatic rings. The molecule has 0 saturated carbocycles. The summed E-state index contributed by atoms with van der Waals surface area (Å²) in [5, 5.41) is 9.20. The highest BCUT2D eigenvalue weighted by molar-refractivity contribution is 7.09. The molecule has 26 heavy (non-hydrogen) atoms. The van der Waals surface area contributed by atoms with Crippen molar-refractivity contribution in [3.8, 4) is 11.8 Å². The molecule has 0 unspecified atom stereocenters. The topological polar surface area (TPSA) is 49.3 Å². The number of nitrogens with zero attached hydrogens (tertiary/aromatic N) is 2. The summed E-state index contributed by atoms with van der Waals surface area (Å²) in [5.41, 5.74) is 0.648. The number of nitrogens with one attached hydrogen (secondary N) is 2. The number of benzene rings is 1. The lowest BCUT2D eigenvalue weighted by molar-refractivity contribution is -0.137. The number of thiazole rings is 1. The highest BCUT2D eigenvalue weighted by atomic mass is 32.1. The van der Waals surface area contributed by atoms with Gasteiger partial charge in [0, 0.05) is 31.0 Å². The molecular weight excluding hydrogens is 361 g/mol. The van der Waals surface area contributed by atoms with Gasteiger partial charge in [-0.2, -0.15) is 13.2 Å². The first-order valence-electron chi connectivity index (χ1n) is 7.90. The van der Waals surface area contributed by atoms with Crippen molar-refractivity contribution in [1.29, 1.82) is 0 Å². The van der Waals surface area contributed by atoms with Gasteiger partial charge in [-0.15, -0.1) is 11.3 Å². The smallest absolute Gasteiger partial charge is 0.356 e. The fraction of sp³-hybridized carbons (Fsp3) is 0.333. The summed E-state index contributed by atoms with van der Waals surface area (Å²) < 4.78 is 38.0. The van der Waals surface area contributed by atoms with Crippen LogP contribution in [0.4, 0.5) is 13.2 Å². The van der Waals surface area contributed by atoms with Crippen LogP contribution in [0, 0.1) is 18.8 Å². The largest absolute Gasteiger partial charge is 0.416 e. The maximum Gasteiger partial charge on any atom is 0.416 e. The molecule has 0 aliphatic carbocycles. The Morgan fingerprint density at radius 2 is 2.12 bits per heavy atom. The molecule has 0 bridgehead atoms. The van der Waals surface area contributed by atoms with Crippen LogP contribution in [-0.4, -0.2) is 31.1 Å². The van der Waals surface area contributed by atoms with Crippen LogP contribution in [0.2, 0.25) is 0 Å². The molecule has 0 aliphatic rings. The minimum Gasteiger partial charge on any atom is -0.356 e. The Balaban J connectivity index is 1.80. The Morgan fingerprint density at radius 1 is 1.31 bits per heavy atom. The standard InChI is InChI=1S/C18H19F3N4S/c1-13-25-16(12-26-13)8-10-24-17(22-2)23-9-4-6-14-5-3-7-15(11-14)18(19,20)21/h3,5,7,11-12H,8-10H2,1-2H3,(H2,22,23,24). The molecular formula is C18H19F3N4S. The third-order valence-electron chi connectivity index (χ3n) is 3.33. The summed E-state index contributed by atoms with van der Waals surface area (Å²) in [6.07, 6.45) is -3.58. The minimum absolute atomic E-state index is 0.270. The van der Waals surface area contributed by atoms with Crippen LogP contribution in [0.1, 0.15) is 21.8 Å². The molecule has 8 heteroatoms. The number of hydrogen-bond donors (Lipinski definition) is 2. The molecule has 1 aromatic heterocycles. The van der Waals surface area contributed by atoms with Gasteiger partial charge < -0.3 is 10.6 Å². The van der Waals surface area contributed by atoms with Crippen molar-refractivity contribution in [3.05, 3.63) is 51.5 Å². The van der Waals surface area contributed by atoms with Gasteiger partial charge in [0.05, 0.1) is 22.8 Å². The van der Waals surface area contributed by atoms with Crippen LogP contribution in [-0.2, 0) is 12.6 Å². The summed E-state index contributed by atoms with van der Waals surface area (Å²) >= 11 is 1.61. The van der Waals surface area contributed by atoms with Gasteiger partial charge in [-0.3, -0.25) is 4.99 Å². The summed E-state index contributed by atoms with van der Waals surface area (Å²) in [5.74, 6) is 6.09. The second-order valence-corrected chi connectivity index (χ2v) is 6.40. The second kappa shape index (κ2) is 9.25. The first kappa shape index (κ1) is 19.8. The monoisotopic (exact) mass is 380 g/mol. The van der Waals surface area contributed by atoms with Crippen molar-refractivity contribution in [2.75, 3.05) is 20.1 Å². The second-order valence-electron chi connectivity index (χ2n) is 5.34. The van der Waals surface area contributed by atoms with E-state index in [2.05, 4.69) is 32.5 Å². The lowest BCUT2D eigenvalue weighted by Gasteiger charge is -2.08.